The zero-order chi connectivity index (χ0) is 19.7. The van der Waals surface area contributed by atoms with Crippen LogP contribution in [0, 0.1) is 12.7 Å². The summed E-state index contributed by atoms with van der Waals surface area (Å²) in [5.41, 5.74) is 1.20. The molecule has 1 saturated heterocycles. The first-order valence-electron chi connectivity index (χ1n) is 9.27. The standard InChI is InChI=1S/C19H22FN7O.ClH/c1-12-14(11-22-27(12)16-6-4-3-5-15(16)20)18(28)24-19-23-17(25-26(19)2)13-7-9-21-10-8-13;/h3-6,11,13,21H,7-10H2,1-2H3,(H,23,24,25,28);1H. The Morgan fingerprint density at radius 3 is 2.72 bits per heavy atom. The van der Waals surface area contributed by atoms with Crippen LogP contribution < -0.4 is 10.6 Å². The Hall–Kier alpha value is -2.78. The van der Waals surface area contributed by atoms with Crippen molar-refractivity contribution in [1.29, 1.82) is 0 Å². The van der Waals surface area contributed by atoms with E-state index in [0.29, 0.717) is 28.8 Å². The Balaban J connectivity index is 0.00000240. The lowest BCUT2D eigenvalue weighted by molar-refractivity contribution is 0.102. The number of carbonyl (C=O) groups is 1. The molecule has 3 aromatic rings. The number of para-hydroxylation sites is 1. The van der Waals surface area contributed by atoms with Crippen molar-refractivity contribution < 1.29 is 9.18 Å². The number of hydrogen-bond acceptors (Lipinski definition) is 5. The number of rotatable bonds is 4. The molecule has 0 spiro atoms. The summed E-state index contributed by atoms with van der Waals surface area (Å²) < 4.78 is 17.1. The molecule has 3 heterocycles. The number of nitrogens with zero attached hydrogens (tertiary/aromatic N) is 5. The van der Waals surface area contributed by atoms with Gasteiger partial charge in [-0.15, -0.1) is 12.4 Å². The number of aryl methyl sites for hydroxylation is 1. The molecule has 0 aliphatic carbocycles. The molecule has 1 fully saturated rings. The average Bonchev–Trinajstić information content (AvgIpc) is 3.26. The van der Waals surface area contributed by atoms with E-state index in [9.17, 15) is 9.18 Å². The van der Waals surface area contributed by atoms with Gasteiger partial charge in [0.1, 0.15) is 11.5 Å². The van der Waals surface area contributed by atoms with Crippen molar-refractivity contribution in [3.05, 3.63) is 53.4 Å². The fourth-order valence-corrected chi connectivity index (χ4v) is 3.43. The summed E-state index contributed by atoms with van der Waals surface area (Å²) >= 11 is 0. The van der Waals surface area contributed by atoms with Gasteiger partial charge in [0.15, 0.2) is 5.82 Å². The van der Waals surface area contributed by atoms with Gasteiger partial charge in [-0.1, -0.05) is 12.1 Å². The fraction of sp³-hybridized carbons (Fsp3) is 0.368. The van der Waals surface area contributed by atoms with Crippen LogP contribution in [0.2, 0.25) is 0 Å². The summed E-state index contributed by atoms with van der Waals surface area (Å²) in [6.45, 7) is 3.61. The van der Waals surface area contributed by atoms with Crippen LogP contribution in [0.25, 0.3) is 5.69 Å². The van der Waals surface area contributed by atoms with Crippen LogP contribution in [0.5, 0.6) is 0 Å². The van der Waals surface area contributed by atoms with Crippen molar-refractivity contribution in [3.8, 4) is 5.69 Å². The van der Waals surface area contributed by atoms with Gasteiger partial charge in [0, 0.05) is 13.0 Å². The second kappa shape index (κ2) is 8.71. The third-order valence-corrected chi connectivity index (χ3v) is 5.04. The number of anilines is 1. The number of halogens is 2. The Morgan fingerprint density at radius 2 is 2.00 bits per heavy atom. The molecule has 1 amide bonds. The number of carbonyl (C=O) groups excluding carboxylic acids is 1. The zero-order valence-electron chi connectivity index (χ0n) is 16.2. The largest absolute Gasteiger partial charge is 0.317 e. The second-order valence-corrected chi connectivity index (χ2v) is 6.90. The molecule has 29 heavy (non-hydrogen) atoms. The van der Waals surface area contributed by atoms with Gasteiger partial charge in [-0.25, -0.2) is 13.8 Å². The van der Waals surface area contributed by atoms with Crippen LogP contribution in [0.3, 0.4) is 0 Å². The molecule has 0 radical (unpaired) electrons. The van der Waals surface area contributed by atoms with Crippen LogP contribution in [0.1, 0.15) is 40.6 Å². The molecular weight excluding hydrogens is 397 g/mol. The van der Waals surface area contributed by atoms with Crippen molar-refractivity contribution in [1.82, 2.24) is 29.9 Å². The molecule has 1 aliphatic heterocycles. The molecule has 0 bridgehead atoms. The number of aromatic nitrogens is 5. The Bertz CT molecular complexity index is 1010. The summed E-state index contributed by atoms with van der Waals surface area (Å²) in [5, 5.41) is 14.7. The Labute approximate surface area is 173 Å². The van der Waals surface area contributed by atoms with E-state index >= 15 is 0 Å². The zero-order valence-corrected chi connectivity index (χ0v) is 17.0. The predicted molar refractivity (Wildman–Crippen MR) is 109 cm³/mol. The van der Waals surface area contributed by atoms with Gasteiger partial charge in [0.05, 0.1) is 17.5 Å². The van der Waals surface area contributed by atoms with Crippen LogP contribution in [-0.4, -0.2) is 43.5 Å². The number of piperidine rings is 1. The molecule has 0 unspecified atom stereocenters. The SMILES string of the molecule is Cc1c(C(=O)Nc2nc(C3CCNCC3)nn2C)cnn1-c1ccccc1F.Cl. The maximum absolute atomic E-state index is 14.1. The van der Waals surface area contributed by atoms with E-state index in [0.717, 1.165) is 31.8 Å². The summed E-state index contributed by atoms with van der Waals surface area (Å²) in [7, 11) is 1.75. The van der Waals surface area contributed by atoms with E-state index in [1.807, 2.05) is 0 Å². The molecule has 1 aromatic carbocycles. The number of benzene rings is 1. The lowest BCUT2D eigenvalue weighted by Crippen LogP contribution is -2.27. The highest BCUT2D eigenvalue weighted by atomic mass is 35.5. The van der Waals surface area contributed by atoms with Crippen molar-refractivity contribution in [2.75, 3.05) is 18.4 Å². The third kappa shape index (κ3) is 4.15. The average molecular weight is 420 g/mol. The van der Waals surface area contributed by atoms with Crippen molar-refractivity contribution in [2.45, 2.75) is 25.7 Å². The fourth-order valence-electron chi connectivity index (χ4n) is 3.43. The van der Waals surface area contributed by atoms with Gasteiger partial charge in [0.25, 0.3) is 5.91 Å². The Kier molecular flexibility index (Phi) is 6.29. The number of nitrogens with one attached hydrogen (secondary N) is 2. The molecule has 4 rings (SSSR count). The quantitative estimate of drug-likeness (QED) is 0.678. The van der Waals surface area contributed by atoms with Gasteiger partial charge in [0.2, 0.25) is 5.95 Å². The highest BCUT2D eigenvalue weighted by Gasteiger charge is 2.23. The smallest absolute Gasteiger partial charge is 0.261 e. The maximum atomic E-state index is 14.1. The second-order valence-electron chi connectivity index (χ2n) is 6.90. The molecule has 2 N–H and O–H groups in total. The predicted octanol–water partition coefficient (Wildman–Crippen LogP) is 2.59. The van der Waals surface area contributed by atoms with E-state index in [1.165, 1.54) is 16.9 Å². The first-order valence-corrected chi connectivity index (χ1v) is 9.27. The third-order valence-electron chi connectivity index (χ3n) is 5.04. The van der Waals surface area contributed by atoms with E-state index in [1.54, 1.807) is 36.9 Å². The molecule has 8 nitrogen and oxygen atoms in total. The molecule has 0 saturated carbocycles. The van der Waals surface area contributed by atoms with Crippen LogP contribution in [0.15, 0.2) is 30.5 Å². The lowest BCUT2D eigenvalue weighted by atomic mass is 9.98. The summed E-state index contributed by atoms with van der Waals surface area (Å²) in [6, 6.07) is 6.31. The number of hydrogen-bond donors (Lipinski definition) is 2. The maximum Gasteiger partial charge on any atom is 0.261 e. The summed E-state index contributed by atoms with van der Waals surface area (Å²) in [6.07, 6.45) is 3.39. The number of amides is 1. The molecular formula is C19H23ClFN7O. The van der Waals surface area contributed by atoms with Crippen LogP contribution in [0.4, 0.5) is 10.3 Å². The molecule has 0 atom stereocenters. The highest BCUT2D eigenvalue weighted by Crippen LogP contribution is 2.24. The van der Waals surface area contributed by atoms with Gasteiger partial charge in [-0.3, -0.25) is 10.1 Å². The first-order chi connectivity index (χ1) is 13.5. The van der Waals surface area contributed by atoms with Crippen LogP contribution in [-0.2, 0) is 7.05 Å². The minimum Gasteiger partial charge on any atom is -0.317 e. The van der Waals surface area contributed by atoms with E-state index in [4.69, 9.17) is 0 Å². The summed E-state index contributed by atoms with van der Waals surface area (Å²) in [5.74, 6) is 0.673. The first kappa shape index (κ1) is 20.9. The topological polar surface area (TPSA) is 89.7 Å². The van der Waals surface area contributed by atoms with Crippen LogP contribution >= 0.6 is 12.4 Å². The van der Waals surface area contributed by atoms with Gasteiger partial charge < -0.3 is 5.32 Å². The van der Waals surface area contributed by atoms with E-state index in [2.05, 4.69) is 25.8 Å². The van der Waals surface area contributed by atoms with E-state index in [-0.39, 0.29) is 18.3 Å². The molecule has 1 aliphatic rings. The molecule has 2 aromatic heterocycles. The van der Waals surface area contributed by atoms with E-state index < -0.39 is 5.82 Å². The summed E-state index contributed by atoms with van der Waals surface area (Å²) in [4.78, 5) is 17.3. The highest BCUT2D eigenvalue weighted by molar-refractivity contribution is 6.04. The van der Waals surface area contributed by atoms with Crippen molar-refractivity contribution in [3.63, 3.8) is 0 Å². The molecule has 154 valence electrons. The lowest BCUT2D eigenvalue weighted by Gasteiger charge is -2.19. The monoisotopic (exact) mass is 419 g/mol. The minimum atomic E-state index is -0.402. The minimum absolute atomic E-state index is 0. The van der Waals surface area contributed by atoms with Gasteiger partial charge in [-0.05, 0) is 45.0 Å². The van der Waals surface area contributed by atoms with Gasteiger partial charge >= 0.3 is 0 Å². The van der Waals surface area contributed by atoms with Crippen molar-refractivity contribution in [2.24, 2.45) is 7.05 Å². The normalized spacial score (nSPS) is 14.4. The Morgan fingerprint density at radius 1 is 1.28 bits per heavy atom. The molecule has 10 heteroatoms. The van der Waals surface area contributed by atoms with Gasteiger partial charge in [-0.2, -0.15) is 15.2 Å². The van der Waals surface area contributed by atoms with Crippen molar-refractivity contribution >= 4 is 24.3 Å².